The molecule has 1 aliphatic heterocycles. The molecule has 27 heavy (non-hydrogen) atoms. The molecule has 9 heteroatoms. The van der Waals surface area contributed by atoms with Crippen LogP contribution in [0.2, 0.25) is 0 Å². The van der Waals surface area contributed by atoms with Crippen molar-refractivity contribution < 1.29 is 27.4 Å². The smallest absolute Gasteiger partial charge is 0.265 e. The van der Waals surface area contributed by atoms with Gasteiger partial charge in [-0.25, -0.2) is 8.42 Å². The van der Waals surface area contributed by atoms with E-state index in [0.717, 1.165) is 0 Å². The highest BCUT2D eigenvalue weighted by Gasteiger charge is 2.24. The molecule has 0 radical (unpaired) electrons. The Balaban J connectivity index is 1.94. The fourth-order valence-corrected chi connectivity index (χ4v) is 4.05. The SMILES string of the molecule is COc1ccc(OC)c(S(=O)(=O)Nc2ccc3c(c2)OCCN3C(C)=O)c1. The third-order valence-electron chi connectivity index (χ3n) is 4.12. The van der Waals surface area contributed by atoms with Gasteiger partial charge in [0, 0.05) is 19.1 Å². The van der Waals surface area contributed by atoms with E-state index in [4.69, 9.17) is 14.2 Å². The van der Waals surface area contributed by atoms with Crippen molar-refractivity contribution in [3.63, 3.8) is 0 Å². The van der Waals surface area contributed by atoms with Gasteiger partial charge in [0.1, 0.15) is 28.8 Å². The van der Waals surface area contributed by atoms with Gasteiger partial charge in [-0.3, -0.25) is 9.52 Å². The summed E-state index contributed by atoms with van der Waals surface area (Å²) in [5, 5.41) is 0. The average Bonchev–Trinajstić information content (AvgIpc) is 2.66. The molecule has 8 nitrogen and oxygen atoms in total. The summed E-state index contributed by atoms with van der Waals surface area (Å²) in [6.45, 7) is 2.27. The van der Waals surface area contributed by atoms with E-state index in [1.807, 2.05) is 0 Å². The molecule has 144 valence electrons. The normalized spacial score (nSPS) is 13.4. The molecule has 1 amide bonds. The van der Waals surface area contributed by atoms with Gasteiger partial charge in [0.15, 0.2) is 0 Å². The van der Waals surface area contributed by atoms with Crippen molar-refractivity contribution in [2.75, 3.05) is 37.0 Å². The summed E-state index contributed by atoms with van der Waals surface area (Å²) in [4.78, 5) is 13.3. The Morgan fingerprint density at radius 3 is 2.59 bits per heavy atom. The summed E-state index contributed by atoms with van der Waals surface area (Å²) in [6, 6.07) is 9.29. The summed E-state index contributed by atoms with van der Waals surface area (Å²) in [5.74, 6) is 0.922. The van der Waals surface area contributed by atoms with Crippen molar-refractivity contribution >= 4 is 27.3 Å². The molecular weight excluding hydrogens is 372 g/mol. The molecule has 0 aromatic heterocycles. The molecule has 1 N–H and O–H groups in total. The molecule has 3 rings (SSSR count). The molecule has 0 unspecified atom stereocenters. The molecule has 0 atom stereocenters. The molecule has 0 spiro atoms. The number of nitrogens with zero attached hydrogens (tertiary/aromatic N) is 1. The first kappa shape index (κ1) is 18.8. The maximum atomic E-state index is 12.8. The lowest BCUT2D eigenvalue weighted by Crippen LogP contribution is -2.36. The fourth-order valence-electron chi connectivity index (χ4n) is 2.81. The third-order valence-corrected chi connectivity index (χ3v) is 5.52. The Morgan fingerprint density at radius 2 is 1.93 bits per heavy atom. The maximum absolute atomic E-state index is 12.8. The van der Waals surface area contributed by atoms with Gasteiger partial charge in [0.05, 0.1) is 32.1 Å². The second kappa shape index (κ2) is 7.36. The number of amides is 1. The van der Waals surface area contributed by atoms with Crippen LogP contribution in [0.1, 0.15) is 6.92 Å². The molecule has 2 aromatic rings. The number of fused-ring (bicyclic) bond motifs is 1. The van der Waals surface area contributed by atoms with Crippen molar-refractivity contribution in [2.45, 2.75) is 11.8 Å². The number of carbonyl (C=O) groups excluding carboxylic acids is 1. The molecule has 0 aliphatic carbocycles. The van der Waals surface area contributed by atoms with E-state index < -0.39 is 10.0 Å². The van der Waals surface area contributed by atoms with Crippen molar-refractivity contribution in [2.24, 2.45) is 0 Å². The second-order valence-electron chi connectivity index (χ2n) is 5.82. The molecular formula is C18H20N2O6S. The lowest BCUT2D eigenvalue weighted by Gasteiger charge is -2.29. The van der Waals surface area contributed by atoms with Crippen LogP contribution in [-0.2, 0) is 14.8 Å². The van der Waals surface area contributed by atoms with Crippen LogP contribution in [0.5, 0.6) is 17.2 Å². The standard InChI is InChI=1S/C18H20N2O6S/c1-12(21)20-8-9-26-17-10-13(4-6-15(17)20)19-27(22,23)18-11-14(24-2)5-7-16(18)25-3/h4-7,10-11,19H,8-9H2,1-3H3. The number of nitrogens with one attached hydrogen (secondary N) is 1. The highest BCUT2D eigenvalue weighted by molar-refractivity contribution is 7.92. The molecule has 0 saturated heterocycles. The Bertz CT molecular complexity index is 974. The number of carbonyl (C=O) groups is 1. The number of hydrogen-bond acceptors (Lipinski definition) is 6. The van der Waals surface area contributed by atoms with Crippen LogP contribution in [-0.4, -0.2) is 41.7 Å². The number of sulfonamides is 1. The number of ether oxygens (including phenoxy) is 3. The first-order chi connectivity index (χ1) is 12.9. The first-order valence-electron chi connectivity index (χ1n) is 8.15. The van der Waals surface area contributed by atoms with Gasteiger partial charge in [0.2, 0.25) is 5.91 Å². The van der Waals surface area contributed by atoms with Gasteiger partial charge in [-0.2, -0.15) is 0 Å². The van der Waals surface area contributed by atoms with Gasteiger partial charge >= 0.3 is 0 Å². The van der Waals surface area contributed by atoms with E-state index in [1.54, 1.807) is 29.2 Å². The van der Waals surface area contributed by atoms with Crippen LogP contribution in [0.25, 0.3) is 0 Å². The zero-order valence-electron chi connectivity index (χ0n) is 15.2. The van der Waals surface area contributed by atoms with Gasteiger partial charge < -0.3 is 19.1 Å². The Labute approximate surface area is 157 Å². The Hall–Kier alpha value is -2.94. The maximum Gasteiger partial charge on any atom is 0.265 e. The molecule has 1 heterocycles. The van der Waals surface area contributed by atoms with Crippen LogP contribution < -0.4 is 23.8 Å². The average molecular weight is 392 g/mol. The van der Waals surface area contributed by atoms with Crippen LogP contribution >= 0.6 is 0 Å². The predicted octanol–water partition coefficient (Wildman–Crippen LogP) is 2.25. The second-order valence-corrected chi connectivity index (χ2v) is 7.47. The van der Waals surface area contributed by atoms with E-state index in [9.17, 15) is 13.2 Å². The van der Waals surface area contributed by atoms with Crippen molar-refractivity contribution in [3.05, 3.63) is 36.4 Å². The zero-order valence-corrected chi connectivity index (χ0v) is 16.0. The largest absolute Gasteiger partial charge is 0.497 e. The van der Waals surface area contributed by atoms with Gasteiger partial charge in [-0.05, 0) is 24.3 Å². The lowest BCUT2D eigenvalue weighted by atomic mass is 10.2. The third kappa shape index (κ3) is 3.77. The summed E-state index contributed by atoms with van der Waals surface area (Å²) in [6.07, 6.45) is 0. The number of benzene rings is 2. The summed E-state index contributed by atoms with van der Waals surface area (Å²) in [7, 11) is -1.09. The number of methoxy groups -OCH3 is 2. The van der Waals surface area contributed by atoms with E-state index in [-0.39, 0.29) is 16.6 Å². The summed E-state index contributed by atoms with van der Waals surface area (Å²) >= 11 is 0. The minimum absolute atomic E-state index is 0.0478. The van der Waals surface area contributed by atoms with Gasteiger partial charge in [-0.15, -0.1) is 0 Å². The molecule has 0 fully saturated rings. The highest BCUT2D eigenvalue weighted by Crippen LogP contribution is 2.36. The van der Waals surface area contributed by atoms with Crippen molar-refractivity contribution in [1.82, 2.24) is 0 Å². The molecule has 0 saturated carbocycles. The Morgan fingerprint density at radius 1 is 1.15 bits per heavy atom. The van der Waals surface area contributed by atoms with Crippen LogP contribution in [0.3, 0.4) is 0 Å². The van der Waals surface area contributed by atoms with Crippen molar-refractivity contribution in [3.8, 4) is 17.2 Å². The molecule has 0 bridgehead atoms. The highest BCUT2D eigenvalue weighted by atomic mass is 32.2. The molecule has 1 aliphatic rings. The minimum atomic E-state index is -3.94. The van der Waals surface area contributed by atoms with E-state index in [1.165, 1.54) is 33.3 Å². The van der Waals surface area contributed by atoms with Crippen LogP contribution in [0, 0.1) is 0 Å². The summed E-state index contributed by atoms with van der Waals surface area (Å²) < 4.78 is 44.0. The van der Waals surface area contributed by atoms with Crippen LogP contribution in [0.4, 0.5) is 11.4 Å². The van der Waals surface area contributed by atoms with Crippen molar-refractivity contribution in [1.29, 1.82) is 0 Å². The van der Waals surface area contributed by atoms with Crippen LogP contribution in [0.15, 0.2) is 41.3 Å². The first-order valence-corrected chi connectivity index (χ1v) is 9.64. The number of hydrogen-bond donors (Lipinski definition) is 1. The Kier molecular flexibility index (Phi) is 5.13. The number of anilines is 2. The lowest BCUT2D eigenvalue weighted by molar-refractivity contribution is -0.116. The monoisotopic (exact) mass is 392 g/mol. The van der Waals surface area contributed by atoms with E-state index >= 15 is 0 Å². The number of rotatable bonds is 5. The topological polar surface area (TPSA) is 94.2 Å². The summed E-state index contributed by atoms with van der Waals surface area (Å²) in [5.41, 5.74) is 0.916. The van der Waals surface area contributed by atoms with Gasteiger partial charge in [0.25, 0.3) is 10.0 Å². The van der Waals surface area contributed by atoms with Gasteiger partial charge in [-0.1, -0.05) is 0 Å². The fraction of sp³-hybridized carbons (Fsp3) is 0.278. The zero-order chi connectivity index (χ0) is 19.6. The van der Waals surface area contributed by atoms with E-state index in [0.29, 0.717) is 36.0 Å². The molecule has 2 aromatic carbocycles. The van der Waals surface area contributed by atoms with E-state index in [2.05, 4.69) is 4.72 Å². The quantitative estimate of drug-likeness (QED) is 0.839. The minimum Gasteiger partial charge on any atom is -0.497 e. The predicted molar refractivity (Wildman–Crippen MR) is 100 cm³/mol.